The smallest absolute Gasteiger partial charge is 0.407 e. The Balaban J connectivity index is 1.01. The van der Waals surface area contributed by atoms with Crippen LogP contribution in [0.1, 0.15) is 114 Å². The zero-order valence-corrected chi connectivity index (χ0v) is 50.8. The Labute approximate surface area is 496 Å². The second-order valence-electron chi connectivity index (χ2n) is 26.2. The van der Waals surface area contributed by atoms with E-state index >= 15 is 4.79 Å². The summed E-state index contributed by atoms with van der Waals surface area (Å²) in [5.41, 5.74) is -4.44. The number of allylic oxidation sites excluding steroid dienone is 2. The number of fused-ring (bicyclic) bond motifs is 4. The summed E-state index contributed by atoms with van der Waals surface area (Å²) in [6, 6.07) is -1.08. The van der Waals surface area contributed by atoms with Crippen LogP contribution >= 0.6 is 0 Å². The summed E-state index contributed by atoms with van der Waals surface area (Å²) in [6.07, 6.45) is -8.09. The molecule has 9 rings (SSSR count). The number of nitrogens with one attached hydrogen (secondary N) is 1. The highest BCUT2D eigenvalue weighted by atomic mass is 16.8. The van der Waals surface area contributed by atoms with Gasteiger partial charge in [0, 0.05) is 68.8 Å². The van der Waals surface area contributed by atoms with Crippen molar-refractivity contribution in [2.24, 2.45) is 52.8 Å². The summed E-state index contributed by atoms with van der Waals surface area (Å²) in [5, 5.41) is 95.8. The minimum Gasteiger partial charge on any atom is -0.762 e. The van der Waals surface area contributed by atoms with Crippen molar-refractivity contribution in [1.82, 2.24) is 10.5 Å². The molecule has 1 saturated carbocycles. The number of aliphatic hydroxyl groups excluding tert-OH is 6. The molecule has 6 fully saturated rings. The van der Waals surface area contributed by atoms with Gasteiger partial charge in [0.05, 0.1) is 74.1 Å². The number of ketones is 1. The topological polar surface area (TPSA) is 333 Å². The summed E-state index contributed by atoms with van der Waals surface area (Å²) in [7, 11) is 2.66. The van der Waals surface area contributed by atoms with Crippen LogP contribution in [0.3, 0.4) is 0 Å². The largest absolute Gasteiger partial charge is 0.762 e. The number of carbonyl (C=O) groups excluding carboxylic acids is 3. The van der Waals surface area contributed by atoms with Gasteiger partial charge in [0.1, 0.15) is 29.6 Å². The number of hydrogen-bond donors (Lipinski definition) is 8. The van der Waals surface area contributed by atoms with Gasteiger partial charge < -0.3 is 98.5 Å². The quantitative estimate of drug-likeness (QED) is 0.0570. The monoisotopic (exact) mass is 1200 g/mol. The number of amides is 1. The minimum absolute atomic E-state index is 0.0460. The van der Waals surface area contributed by atoms with Crippen molar-refractivity contribution < 1.29 is 102 Å². The van der Waals surface area contributed by atoms with E-state index in [1.165, 1.54) is 14.0 Å². The summed E-state index contributed by atoms with van der Waals surface area (Å²) < 4.78 is 67.5. The standard InChI is InChI=1S/C61H91N2O22/c1-26-17-36-19-35(25-64)30(5)23-61(36)55(69)47(56(70)85-61)54(68)60(11)38(31(6)39(65)20-41(26)80-46-24-59(10,63(73)74)53(34(9)79-46)62-58(72)76-13)15-14-37-48(60)27(2)16-28(3)50(37)82-45-22-42(49(67)32(7)77-45)81-43-18-29(4)51(57(71)84-43)83-44-21-40(66)52(75-12)33(8)78-44/h14-15,17,19,27-30,32-34,36-46,48-53,57,64-68,71,73H,6,16,18,20-25H2,1-5,7-13H3,(H,62,72)/q-1. The highest BCUT2D eigenvalue weighted by molar-refractivity contribution is 6.26. The van der Waals surface area contributed by atoms with Gasteiger partial charge in [-0.2, -0.15) is 0 Å². The van der Waals surface area contributed by atoms with Gasteiger partial charge in [0.2, 0.25) is 5.78 Å². The Morgan fingerprint density at radius 2 is 1.44 bits per heavy atom. The lowest BCUT2D eigenvalue weighted by Gasteiger charge is -2.57. The fourth-order valence-corrected chi connectivity index (χ4v) is 15.9. The average molecular weight is 1200 g/mol. The first-order chi connectivity index (χ1) is 40.0. The van der Waals surface area contributed by atoms with E-state index in [1.54, 1.807) is 46.8 Å². The van der Waals surface area contributed by atoms with Gasteiger partial charge in [0.15, 0.2) is 37.1 Å². The highest BCUT2D eigenvalue weighted by Gasteiger charge is 2.64. The number of Topliss-reactive ketones (excluding diaryl/α,β-unsaturated/α-hetero) is 1. The first-order valence-electron chi connectivity index (χ1n) is 30.1. The van der Waals surface area contributed by atoms with Crippen molar-refractivity contribution in [2.45, 2.75) is 230 Å². The van der Waals surface area contributed by atoms with Crippen molar-refractivity contribution in [2.75, 3.05) is 20.8 Å². The van der Waals surface area contributed by atoms with Gasteiger partial charge in [0.25, 0.3) is 0 Å². The van der Waals surface area contributed by atoms with Gasteiger partial charge in [-0.15, -0.1) is 0 Å². The number of nitrogens with zero attached hydrogens (tertiary/aromatic N) is 1. The van der Waals surface area contributed by atoms with Crippen molar-refractivity contribution >= 4 is 17.8 Å². The molecule has 8 N–H and O–H groups in total. The molecular weight excluding hydrogens is 1110 g/mol. The number of ether oxygens (including phenoxy) is 11. The zero-order valence-electron chi connectivity index (χ0n) is 50.8. The summed E-state index contributed by atoms with van der Waals surface area (Å²) in [4.78, 5) is 42.7. The van der Waals surface area contributed by atoms with E-state index in [1.807, 2.05) is 39.8 Å². The van der Waals surface area contributed by atoms with Crippen LogP contribution in [0.5, 0.6) is 0 Å². The van der Waals surface area contributed by atoms with Crippen molar-refractivity contribution in [3.63, 3.8) is 0 Å². The van der Waals surface area contributed by atoms with Gasteiger partial charge in [-0.1, -0.05) is 65.5 Å². The predicted molar refractivity (Wildman–Crippen MR) is 299 cm³/mol. The highest BCUT2D eigenvalue weighted by Crippen LogP contribution is 2.61. The van der Waals surface area contributed by atoms with Crippen molar-refractivity contribution in [1.29, 1.82) is 0 Å². The molecule has 5 aliphatic heterocycles. The molecule has 9 aliphatic rings. The molecular formula is C61H91N2O22-. The van der Waals surface area contributed by atoms with E-state index in [0.717, 1.165) is 7.11 Å². The Morgan fingerprint density at radius 1 is 0.788 bits per heavy atom. The summed E-state index contributed by atoms with van der Waals surface area (Å²) >= 11 is 0. The van der Waals surface area contributed by atoms with Crippen LogP contribution in [0.15, 0.2) is 58.9 Å². The zero-order chi connectivity index (χ0) is 62.1. The number of hydrogen-bond acceptors (Lipinski definition) is 23. The molecule has 28 unspecified atom stereocenters. The molecule has 1 amide bonds. The molecule has 24 heteroatoms. The second kappa shape index (κ2) is 25.6. The molecule has 24 nitrogen and oxygen atoms in total. The molecule has 0 aromatic carbocycles. The lowest BCUT2D eigenvalue weighted by molar-refractivity contribution is -0.358. The van der Waals surface area contributed by atoms with Crippen LogP contribution in [-0.2, 0) is 61.7 Å². The first kappa shape index (κ1) is 65.7. The Kier molecular flexibility index (Phi) is 19.8. The predicted octanol–water partition coefficient (Wildman–Crippen LogP) is 4.66. The maximum Gasteiger partial charge on any atom is 0.407 e. The van der Waals surface area contributed by atoms with E-state index in [-0.39, 0.29) is 73.7 Å². The summed E-state index contributed by atoms with van der Waals surface area (Å²) in [6.45, 7) is 21.9. The molecule has 5 heterocycles. The van der Waals surface area contributed by atoms with Crippen LogP contribution in [-0.4, -0.2) is 196 Å². The minimum atomic E-state index is -1.89. The van der Waals surface area contributed by atoms with E-state index in [2.05, 4.69) is 11.9 Å². The molecule has 4 aliphatic carbocycles. The molecule has 478 valence electrons. The van der Waals surface area contributed by atoms with Crippen LogP contribution in [0.25, 0.3) is 0 Å². The van der Waals surface area contributed by atoms with E-state index in [0.29, 0.717) is 17.6 Å². The third-order valence-electron chi connectivity index (χ3n) is 20.5. The Bertz CT molecular complexity index is 2570. The maximum absolute atomic E-state index is 15.6. The van der Waals surface area contributed by atoms with Crippen LogP contribution < -0.4 is 5.32 Å². The number of esters is 1. The lowest BCUT2D eigenvalue weighted by atomic mass is 9.49. The number of rotatable bonds is 12. The van der Waals surface area contributed by atoms with Gasteiger partial charge in [-0.05, 0) is 87.3 Å². The fraction of sp³-hybridized carbons (Fsp3) is 0.787. The second-order valence-corrected chi connectivity index (χ2v) is 26.2. The van der Waals surface area contributed by atoms with Crippen molar-refractivity contribution in [3.05, 3.63) is 64.1 Å². The SMILES string of the molecule is C=C1C(O)CC(OC2CC(C)(N([O-])O)C(NC(=O)OC)C(C)O2)C(C)=CC2C=C(CO)C(C)CC23OC(=O)C(=C(O)C2(C)C1C=CC1C(OC4CC(OC5CC(C)C(OC6CC(O)C(OC)C(C)O6)C(O)O5)C(O)C(C)O4)C(C)CC(C)C12)C3=O. The third kappa shape index (κ3) is 12.2. The molecule has 2 bridgehead atoms. The van der Waals surface area contributed by atoms with Gasteiger partial charge >= 0.3 is 12.1 Å². The van der Waals surface area contributed by atoms with Crippen molar-refractivity contribution in [3.8, 4) is 0 Å². The molecule has 28 atom stereocenters. The number of aliphatic hydroxyl groups is 6. The number of carbonyl (C=O) groups is 3. The molecule has 0 radical (unpaired) electrons. The summed E-state index contributed by atoms with van der Waals surface area (Å²) in [5.74, 6) is -6.51. The maximum atomic E-state index is 15.6. The number of hydroxylamine groups is 2. The Morgan fingerprint density at radius 3 is 2.08 bits per heavy atom. The molecule has 5 saturated heterocycles. The van der Waals surface area contributed by atoms with E-state index in [4.69, 9.17) is 52.1 Å². The van der Waals surface area contributed by atoms with Crippen LogP contribution in [0, 0.1) is 58.0 Å². The van der Waals surface area contributed by atoms with E-state index < -0.39 is 180 Å². The van der Waals surface area contributed by atoms with E-state index in [9.17, 15) is 50.6 Å². The number of alkyl carbamates (subject to hydrolysis) is 1. The lowest BCUT2D eigenvalue weighted by Crippen LogP contribution is -2.67. The number of methoxy groups -OCH3 is 2. The fourth-order valence-electron chi connectivity index (χ4n) is 15.9. The molecule has 1 spiro atoms. The van der Waals surface area contributed by atoms with Crippen LogP contribution in [0.4, 0.5) is 4.79 Å². The molecule has 0 aromatic heterocycles. The first-order valence-corrected chi connectivity index (χ1v) is 30.1. The normalized spacial score (nSPS) is 47.9. The third-order valence-corrected chi connectivity index (χ3v) is 20.5. The van der Waals surface area contributed by atoms with Gasteiger partial charge in [-0.25, -0.2) is 9.59 Å². The average Bonchev–Trinajstić information content (AvgIpc) is 2.07. The Hall–Kier alpha value is -3.77. The van der Waals surface area contributed by atoms with Gasteiger partial charge in [-0.3, -0.25) is 10.0 Å². The molecule has 0 aromatic rings. The van der Waals surface area contributed by atoms with Crippen LogP contribution in [0.2, 0.25) is 0 Å². The molecule has 85 heavy (non-hydrogen) atoms.